The largest absolute Gasteiger partial charge is 0.491 e. The van der Waals surface area contributed by atoms with Crippen molar-refractivity contribution in [1.82, 2.24) is 9.55 Å². The van der Waals surface area contributed by atoms with E-state index in [0.29, 0.717) is 24.5 Å². The predicted molar refractivity (Wildman–Crippen MR) is 128 cm³/mol. The van der Waals surface area contributed by atoms with Gasteiger partial charge >= 0.3 is 5.69 Å². The van der Waals surface area contributed by atoms with Gasteiger partial charge in [0.25, 0.3) is 11.5 Å². The van der Waals surface area contributed by atoms with Gasteiger partial charge in [-0.1, -0.05) is 27.2 Å². The van der Waals surface area contributed by atoms with Crippen LogP contribution in [0.4, 0.5) is 11.5 Å². The first-order valence-corrected chi connectivity index (χ1v) is 11.6. The third-order valence-electron chi connectivity index (χ3n) is 5.57. The lowest BCUT2D eigenvalue weighted by Gasteiger charge is -2.26. The molecule has 33 heavy (non-hydrogen) atoms. The number of carbonyl (C=O) groups excluding carboxylic acids is 1. The SMILES string of the molecule is CCCCn1c(N)c(N(CC(C)C)C(=O)c2ccc(OC[C@H]3CCCO3)cc2)c(=O)[nH]c1=O. The molecule has 0 radical (unpaired) electrons. The number of hydrogen-bond donors (Lipinski definition) is 2. The number of nitrogens with two attached hydrogens (primary N) is 1. The van der Waals surface area contributed by atoms with Crippen LogP contribution in [0.25, 0.3) is 0 Å². The Kier molecular flexibility index (Phi) is 8.32. The third-order valence-corrected chi connectivity index (χ3v) is 5.57. The van der Waals surface area contributed by atoms with Crippen LogP contribution in [-0.2, 0) is 11.3 Å². The highest BCUT2D eigenvalue weighted by atomic mass is 16.5. The molecule has 1 saturated heterocycles. The molecule has 2 heterocycles. The summed E-state index contributed by atoms with van der Waals surface area (Å²) < 4.78 is 12.7. The number of ether oxygens (including phenoxy) is 2. The predicted octanol–water partition coefficient (Wildman–Crippen LogP) is 2.78. The number of unbranched alkanes of at least 4 members (excludes halogenated alkanes) is 1. The van der Waals surface area contributed by atoms with Gasteiger partial charge in [0.2, 0.25) is 0 Å². The van der Waals surface area contributed by atoms with E-state index in [1.807, 2.05) is 20.8 Å². The highest BCUT2D eigenvalue weighted by Gasteiger charge is 2.26. The number of aromatic nitrogens is 2. The molecule has 1 aliphatic heterocycles. The average Bonchev–Trinajstić information content (AvgIpc) is 3.30. The van der Waals surface area contributed by atoms with Crippen molar-refractivity contribution in [1.29, 1.82) is 0 Å². The fourth-order valence-corrected chi connectivity index (χ4v) is 3.83. The van der Waals surface area contributed by atoms with Gasteiger partial charge in [-0.05, 0) is 49.4 Å². The second-order valence-corrected chi connectivity index (χ2v) is 8.78. The summed E-state index contributed by atoms with van der Waals surface area (Å²) in [5, 5.41) is 0. The molecule has 0 unspecified atom stereocenters. The Morgan fingerprint density at radius 3 is 2.64 bits per heavy atom. The molecule has 0 spiro atoms. The van der Waals surface area contributed by atoms with Crippen LogP contribution in [-0.4, -0.2) is 41.3 Å². The molecule has 9 nitrogen and oxygen atoms in total. The van der Waals surface area contributed by atoms with E-state index in [4.69, 9.17) is 15.2 Å². The summed E-state index contributed by atoms with van der Waals surface area (Å²) in [6.07, 6.45) is 3.71. The topological polar surface area (TPSA) is 120 Å². The molecule has 0 saturated carbocycles. The van der Waals surface area contributed by atoms with Gasteiger partial charge < -0.3 is 20.1 Å². The van der Waals surface area contributed by atoms with Crippen molar-refractivity contribution in [3.05, 3.63) is 50.7 Å². The second-order valence-electron chi connectivity index (χ2n) is 8.78. The molecular weight excluding hydrogens is 424 g/mol. The molecular formula is C24H34N4O5. The minimum Gasteiger partial charge on any atom is -0.491 e. The Bertz CT molecular complexity index is 1050. The molecule has 2 aromatic rings. The van der Waals surface area contributed by atoms with Gasteiger partial charge in [0, 0.05) is 25.3 Å². The lowest BCUT2D eigenvalue weighted by Crippen LogP contribution is -2.42. The van der Waals surface area contributed by atoms with E-state index in [1.54, 1.807) is 24.3 Å². The maximum atomic E-state index is 13.4. The molecule has 1 atom stereocenters. The molecule has 3 N–H and O–H groups in total. The van der Waals surface area contributed by atoms with E-state index in [1.165, 1.54) is 9.47 Å². The molecule has 0 aliphatic carbocycles. The van der Waals surface area contributed by atoms with E-state index in [0.717, 1.165) is 32.3 Å². The minimum atomic E-state index is -0.671. The smallest absolute Gasteiger partial charge is 0.330 e. The molecule has 1 amide bonds. The van der Waals surface area contributed by atoms with Crippen LogP contribution < -0.4 is 26.6 Å². The number of benzene rings is 1. The molecule has 9 heteroatoms. The summed E-state index contributed by atoms with van der Waals surface area (Å²) in [5.41, 5.74) is 5.41. The number of aromatic amines is 1. The van der Waals surface area contributed by atoms with Gasteiger partial charge in [-0.2, -0.15) is 0 Å². The molecule has 1 aromatic heterocycles. The van der Waals surface area contributed by atoms with Crippen LogP contribution >= 0.6 is 0 Å². The zero-order chi connectivity index (χ0) is 24.0. The first-order valence-electron chi connectivity index (χ1n) is 11.6. The molecule has 180 valence electrons. The molecule has 1 aromatic carbocycles. The van der Waals surface area contributed by atoms with Crippen LogP contribution in [0.3, 0.4) is 0 Å². The number of nitrogens with zero attached hydrogens (tertiary/aromatic N) is 2. The standard InChI is InChI=1S/C24H34N4O5/c1-4-5-12-27-21(25)20(22(29)26-24(27)31)28(14-16(2)3)23(30)17-8-10-18(11-9-17)33-15-19-7-6-13-32-19/h8-11,16,19H,4-7,12-15,25H2,1-3H3,(H,26,29,31)/t19-/m1/s1. The normalized spacial score (nSPS) is 15.7. The van der Waals surface area contributed by atoms with Crippen molar-refractivity contribution in [3.8, 4) is 5.75 Å². The van der Waals surface area contributed by atoms with Gasteiger partial charge in [-0.15, -0.1) is 0 Å². The van der Waals surface area contributed by atoms with Gasteiger partial charge in [-0.25, -0.2) is 4.79 Å². The Morgan fingerprint density at radius 1 is 1.30 bits per heavy atom. The first-order chi connectivity index (χ1) is 15.8. The van der Waals surface area contributed by atoms with Crippen LogP contribution in [0, 0.1) is 5.92 Å². The molecule has 3 rings (SSSR count). The van der Waals surface area contributed by atoms with E-state index >= 15 is 0 Å². The minimum absolute atomic E-state index is 0.00252. The monoisotopic (exact) mass is 458 g/mol. The van der Waals surface area contributed by atoms with Crippen molar-refractivity contribution >= 4 is 17.4 Å². The summed E-state index contributed by atoms with van der Waals surface area (Å²) in [6, 6.07) is 6.78. The summed E-state index contributed by atoms with van der Waals surface area (Å²) in [5.74, 6) is 0.343. The number of anilines is 2. The van der Waals surface area contributed by atoms with Gasteiger partial charge in [-0.3, -0.25) is 19.1 Å². The van der Waals surface area contributed by atoms with E-state index < -0.39 is 11.2 Å². The average molecular weight is 459 g/mol. The lowest BCUT2D eigenvalue weighted by molar-refractivity contribution is 0.0679. The van der Waals surface area contributed by atoms with E-state index in [-0.39, 0.29) is 36.0 Å². The third kappa shape index (κ3) is 6.04. The fourth-order valence-electron chi connectivity index (χ4n) is 3.83. The number of amides is 1. The summed E-state index contributed by atoms with van der Waals surface area (Å²) in [6.45, 7) is 7.76. The van der Waals surface area contributed by atoms with E-state index in [9.17, 15) is 14.4 Å². The lowest BCUT2D eigenvalue weighted by atomic mass is 10.1. The van der Waals surface area contributed by atoms with Crippen molar-refractivity contribution in [3.63, 3.8) is 0 Å². The quantitative estimate of drug-likeness (QED) is 0.565. The number of rotatable bonds is 10. The zero-order valence-corrected chi connectivity index (χ0v) is 19.6. The molecule has 1 aliphatic rings. The van der Waals surface area contributed by atoms with Gasteiger partial charge in [0.1, 0.15) is 18.2 Å². The molecule has 0 bridgehead atoms. The van der Waals surface area contributed by atoms with Crippen molar-refractivity contribution < 1.29 is 14.3 Å². The number of nitrogen functional groups attached to an aromatic ring is 1. The fraction of sp³-hybridized carbons (Fsp3) is 0.542. The zero-order valence-electron chi connectivity index (χ0n) is 19.6. The van der Waals surface area contributed by atoms with Crippen LogP contribution in [0.2, 0.25) is 0 Å². The highest BCUT2D eigenvalue weighted by molar-refractivity contribution is 6.07. The summed E-state index contributed by atoms with van der Waals surface area (Å²) >= 11 is 0. The van der Waals surface area contributed by atoms with Crippen molar-refractivity contribution in [2.24, 2.45) is 5.92 Å². The van der Waals surface area contributed by atoms with Crippen molar-refractivity contribution in [2.75, 3.05) is 30.4 Å². The van der Waals surface area contributed by atoms with Crippen LogP contribution in [0.5, 0.6) is 5.75 Å². The highest BCUT2D eigenvalue weighted by Crippen LogP contribution is 2.23. The summed E-state index contributed by atoms with van der Waals surface area (Å²) in [7, 11) is 0. The Hall–Kier alpha value is -3.07. The first kappa shape index (κ1) is 24.6. The maximum Gasteiger partial charge on any atom is 0.330 e. The van der Waals surface area contributed by atoms with Crippen molar-refractivity contribution in [2.45, 2.75) is 59.1 Å². The van der Waals surface area contributed by atoms with E-state index in [2.05, 4.69) is 4.98 Å². The Morgan fingerprint density at radius 2 is 2.03 bits per heavy atom. The number of carbonyl (C=O) groups is 1. The van der Waals surface area contributed by atoms with Crippen LogP contribution in [0.1, 0.15) is 56.8 Å². The molecule has 1 fully saturated rings. The Balaban J connectivity index is 1.87. The van der Waals surface area contributed by atoms with Gasteiger partial charge in [0.15, 0.2) is 5.69 Å². The Labute approximate surface area is 193 Å². The van der Waals surface area contributed by atoms with Crippen LogP contribution in [0.15, 0.2) is 33.9 Å². The van der Waals surface area contributed by atoms with Gasteiger partial charge in [0.05, 0.1) is 6.10 Å². The number of hydrogen-bond acceptors (Lipinski definition) is 6. The number of H-pyrrole nitrogens is 1. The maximum absolute atomic E-state index is 13.4. The summed E-state index contributed by atoms with van der Waals surface area (Å²) in [4.78, 5) is 42.2. The second kappa shape index (κ2) is 11.2. The number of nitrogens with one attached hydrogen (secondary N) is 1.